The minimum atomic E-state index is 0.0353. The predicted molar refractivity (Wildman–Crippen MR) is 48.6 cm³/mol. The number of amides is 1. The van der Waals surface area contributed by atoms with E-state index in [1.165, 1.54) is 6.08 Å². The number of rotatable bonds is 2. The summed E-state index contributed by atoms with van der Waals surface area (Å²) >= 11 is 0. The first-order chi connectivity index (χ1) is 5.77. The second-order valence-corrected chi connectivity index (χ2v) is 3.23. The van der Waals surface area contributed by atoms with E-state index in [1.54, 1.807) is 0 Å². The fourth-order valence-electron chi connectivity index (χ4n) is 1.59. The minimum Gasteiger partial charge on any atom is -0.339 e. The van der Waals surface area contributed by atoms with Crippen LogP contribution in [0.2, 0.25) is 0 Å². The van der Waals surface area contributed by atoms with Gasteiger partial charge in [-0.2, -0.15) is 0 Å². The Hall–Kier alpha value is -0.830. The van der Waals surface area contributed by atoms with Crippen molar-refractivity contribution in [1.82, 2.24) is 4.90 Å². The largest absolute Gasteiger partial charge is 0.339 e. The van der Waals surface area contributed by atoms with Crippen molar-refractivity contribution < 1.29 is 4.79 Å². The Kier molecular flexibility index (Phi) is 3.29. The van der Waals surface area contributed by atoms with Gasteiger partial charge < -0.3 is 10.6 Å². The van der Waals surface area contributed by atoms with Crippen LogP contribution in [0, 0.1) is 5.92 Å². The molecule has 1 amide bonds. The molecule has 1 saturated heterocycles. The van der Waals surface area contributed by atoms with Gasteiger partial charge in [-0.25, -0.2) is 0 Å². The average molecular weight is 168 g/mol. The highest BCUT2D eigenvalue weighted by Gasteiger charge is 2.20. The molecule has 0 aliphatic carbocycles. The summed E-state index contributed by atoms with van der Waals surface area (Å²) in [6.45, 7) is 5.82. The van der Waals surface area contributed by atoms with E-state index < -0.39 is 0 Å². The van der Waals surface area contributed by atoms with Gasteiger partial charge in [-0.15, -0.1) is 0 Å². The molecule has 3 nitrogen and oxygen atoms in total. The molecule has 1 heterocycles. The van der Waals surface area contributed by atoms with E-state index in [0.717, 1.165) is 25.9 Å². The summed E-state index contributed by atoms with van der Waals surface area (Å²) in [6.07, 6.45) is 3.60. The third-order valence-electron chi connectivity index (χ3n) is 2.34. The zero-order valence-corrected chi connectivity index (χ0v) is 7.33. The zero-order valence-electron chi connectivity index (χ0n) is 7.33. The van der Waals surface area contributed by atoms with Crippen LogP contribution >= 0.6 is 0 Å². The van der Waals surface area contributed by atoms with Gasteiger partial charge in [0.15, 0.2) is 0 Å². The van der Waals surface area contributed by atoms with Crippen LogP contribution in [0.15, 0.2) is 12.7 Å². The van der Waals surface area contributed by atoms with Gasteiger partial charge >= 0.3 is 0 Å². The Bertz CT molecular complexity index is 179. The van der Waals surface area contributed by atoms with Crippen molar-refractivity contribution in [3.63, 3.8) is 0 Å². The van der Waals surface area contributed by atoms with Gasteiger partial charge in [-0.3, -0.25) is 4.79 Å². The van der Waals surface area contributed by atoms with Gasteiger partial charge in [-0.05, 0) is 31.4 Å². The van der Waals surface area contributed by atoms with Crippen LogP contribution in [-0.2, 0) is 4.79 Å². The van der Waals surface area contributed by atoms with E-state index in [4.69, 9.17) is 5.73 Å². The minimum absolute atomic E-state index is 0.0353. The monoisotopic (exact) mass is 168 g/mol. The van der Waals surface area contributed by atoms with Crippen molar-refractivity contribution >= 4 is 5.91 Å². The molecule has 0 saturated carbocycles. The summed E-state index contributed by atoms with van der Waals surface area (Å²) in [5.74, 6) is 0.524. The van der Waals surface area contributed by atoms with Crippen LogP contribution < -0.4 is 5.73 Å². The first-order valence-corrected chi connectivity index (χ1v) is 4.39. The lowest BCUT2D eigenvalue weighted by atomic mass is 9.98. The summed E-state index contributed by atoms with van der Waals surface area (Å²) in [4.78, 5) is 13.0. The van der Waals surface area contributed by atoms with Crippen molar-refractivity contribution in [3.8, 4) is 0 Å². The Morgan fingerprint density at radius 1 is 1.75 bits per heavy atom. The highest BCUT2D eigenvalue weighted by molar-refractivity contribution is 5.87. The van der Waals surface area contributed by atoms with E-state index in [1.807, 2.05) is 4.90 Å². The van der Waals surface area contributed by atoms with Gasteiger partial charge in [-0.1, -0.05) is 6.58 Å². The van der Waals surface area contributed by atoms with Gasteiger partial charge in [0.05, 0.1) is 0 Å². The molecule has 0 aromatic carbocycles. The number of hydrogen-bond donors (Lipinski definition) is 1. The average Bonchev–Trinajstić information content (AvgIpc) is 2.17. The molecule has 0 aromatic rings. The maximum Gasteiger partial charge on any atom is 0.245 e. The lowest BCUT2D eigenvalue weighted by Crippen LogP contribution is -2.41. The summed E-state index contributed by atoms with van der Waals surface area (Å²) in [5.41, 5.74) is 5.54. The molecule has 1 aliphatic rings. The zero-order chi connectivity index (χ0) is 8.97. The molecule has 1 atom stereocenters. The standard InChI is InChI=1S/C9H16N2O/c1-2-9(12)11-5-3-4-8(6-10)7-11/h2,8H,1,3-7,10H2. The second-order valence-electron chi connectivity index (χ2n) is 3.23. The van der Waals surface area contributed by atoms with Crippen molar-refractivity contribution in [2.45, 2.75) is 12.8 Å². The third kappa shape index (κ3) is 2.08. The first kappa shape index (κ1) is 9.26. The molecule has 0 bridgehead atoms. The number of carbonyl (C=O) groups excluding carboxylic acids is 1. The molecule has 1 rings (SSSR count). The van der Waals surface area contributed by atoms with E-state index >= 15 is 0 Å². The number of nitrogens with zero attached hydrogens (tertiary/aromatic N) is 1. The molecule has 0 spiro atoms. The summed E-state index contributed by atoms with van der Waals surface area (Å²) in [7, 11) is 0. The Balaban J connectivity index is 2.45. The van der Waals surface area contributed by atoms with E-state index in [0.29, 0.717) is 12.5 Å². The van der Waals surface area contributed by atoms with Crippen LogP contribution in [0.25, 0.3) is 0 Å². The molecule has 3 heteroatoms. The van der Waals surface area contributed by atoms with Crippen molar-refractivity contribution in [2.24, 2.45) is 11.7 Å². The fraction of sp³-hybridized carbons (Fsp3) is 0.667. The number of carbonyl (C=O) groups is 1. The molecular weight excluding hydrogens is 152 g/mol. The third-order valence-corrected chi connectivity index (χ3v) is 2.34. The summed E-state index contributed by atoms with van der Waals surface area (Å²) < 4.78 is 0. The number of piperidine rings is 1. The van der Waals surface area contributed by atoms with Crippen molar-refractivity contribution in [3.05, 3.63) is 12.7 Å². The van der Waals surface area contributed by atoms with E-state index in [2.05, 4.69) is 6.58 Å². The number of hydrogen-bond acceptors (Lipinski definition) is 2. The first-order valence-electron chi connectivity index (χ1n) is 4.39. The molecule has 12 heavy (non-hydrogen) atoms. The molecule has 1 fully saturated rings. The summed E-state index contributed by atoms with van der Waals surface area (Å²) in [5, 5.41) is 0. The molecule has 68 valence electrons. The van der Waals surface area contributed by atoms with E-state index in [9.17, 15) is 4.79 Å². The molecule has 2 N–H and O–H groups in total. The Morgan fingerprint density at radius 3 is 3.08 bits per heavy atom. The predicted octanol–water partition coefficient (Wildman–Crippen LogP) is 0.370. The second kappa shape index (κ2) is 4.26. The molecule has 1 aliphatic heterocycles. The molecule has 1 unspecified atom stereocenters. The topological polar surface area (TPSA) is 46.3 Å². The van der Waals surface area contributed by atoms with Crippen LogP contribution in [0.3, 0.4) is 0 Å². The lowest BCUT2D eigenvalue weighted by Gasteiger charge is -2.31. The fourth-order valence-corrected chi connectivity index (χ4v) is 1.59. The number of nitrogens with two attached hydrogens (primary N) is 1. The Morgan fingerprint density at radius 2 is 2.50 bits per heavy atom. The van der Waals surface area contributed by atoms with Crippen molar-refractivity contribution in [1.29, 1.82) is 0 Å². The Labute approximate surface area is 73.2 Å². The van der Waals surface area contributed by atoms with E-state index in [-0.39, 0.29) is 5.91 Å². The smallest absolute Gasteiger partial charge is 0.245 e. The van der Waals surface area contributed by atoms with Gasteiger partial charge in [0, 0.05) is 13.1 Å². The van der Waals surface area contributed by atoms with Gasteiger partial charge in [0.25, 0.3) is 0 Å². The van der Waals surface area contributed by atoms with Crippen LogP contribution in [0.4, 0.5) is 0 Å². The highest BCUT2D eigenvalue weighted by Crippen LogP contribution is 2.15. The normalized spacial score (nSPS) is 23.8. The summed E-state index contributed by atoms with van der Waals surface area (Å²) in [6, 6.07) is 0. The maximum atomic E-state index is 11.2. The van der Waals surface area contributed by atoms with Crippen LogP contribution in [0.5, 0.6) is 0 Å². The van der Waals surface area contributed by atoms with Gasteiger partial charge in [0.2, 0.25) is 5.91 Å². The van der Waals surface area contributed by atoms with Crippen LogP contribution in [-0.4, -0.2) is 30.4 Å². The van der Waals surface area contributed by atoms with Crippen molar-refractivity contribution in [2.75, 3.05) is 19.6 Å². The van der Waals surface area contributed by atoms with Gasteiger partial charge in [0.1, 0.15) is 0 Å². The SMILES string of the molecule is C=CC(=O)N1CCCC(CN)C1. The quantitative estimate of drug-likeness (QED) is 0.605. The lowest BCUT2D eigenvalue weighted by molar-refractivity contribution is -0.127. The molecule has 0 radical (unpaired) electrons. The number of likely N-dealkylation sites (tertiary alicyclic amines) is 1. The maximum absolute atomic E-state index is 11.2. The molecule has 0 aromatic heterocycles. The molecular formula is C9H16N2O. The van der Waals surface area contributed by atoms with Crippen LogP contribution in [0.1, 0.15) is 12.8 Å². The highest BCUT2D eigenvalue weighted by atomic mass is 16.2.